The summed E-state index contributed by atoms with van der Waals surface area (Å²) in [7, 11) is 0. The molecule has 0 atom stereocenters. The molecule has 4 saturated carbocycles. The van der Waals surface area contributed by atoms with E-state index in [9.17, 15) is 14.4 Å². The fourth-order valence-electron chi connectivity index (χ4n) is 6.10. The monoisotopic (exact) mass is 369 g/mol. The van der Waals surface area contributed by atoms with E-state index < -0.39 is 5.91 Å². The molecule has 1 aromatic carbocycles. The number of hydrogen-bond acceptors (Lipinski definition) is 4. The second-order valence-electron chi connectivity index (χ2n) is 8.90. The summed E-state index contributed by atoms with van der Waals surface area (Å²) in [6.45, 7) is 1.15. The zero-order valence-corrected chi connectivity index (χ0v) is 15.8. The van der Waals surface area contributed by atoms with Gasteiger partial charge in [-0.1, -0.05) is 12.1 Å². The third-order valence-electron chi connectivity index (χ3n) is 6.63. The quantitative estimate of drug-likeness (QED) is 0.608. The lowest BCUT2D eigenvalue weighted by atomic mass is 9.49. The molecule has 0 saturated heterocycles. The largest absolute Gasteiger partial charge is 0.456 e. The molecule has 0 heterocycles. The molecular weight excluding hydrogens is 342 g/mol. The molecule has 4 aliphatic rings. The SMILES string of the molecule is CC(=O)c1ccccc1NC(=O)COC(=O)CC12CC3CC(CC(C3)C1)C2. The molecule has 0 aromatic heterocycles. The molecule has 4 aliphatic carbocycles. The lowest BCUT2D eigenvalue weighted by molar-refractivity contribution is -0.154. The van der Waals surface area contributed by atoms with Crippen LogP contribution in [0.5, 0.6) is 0 Å². The molecule has 0 radical (unpaired) electrons. The minimum atomic E-state index is -0.414. The third kappa shape index (κ3) is 3.92. The predicted octanol–water partition coefficient (Wildman–Crippen LogP) is 3.98. The fraction of sp³-hybridized carbons (Fsp3) is 0.591. The Morgan fingerprint density at radius 3 is 2.22 bits per heavy atom. The fourth-order valence-corrected chi connectivity index (χ4v) is 6.10. The predicted molar refractivity (Wildman–Crippen MR) is 101 cm³/mol. The van der Waals surface area contributed by atoms with Gasteiger partial charge in [0.05, 0.1) is 12.1 Å². The van der Waals surface area contributed by atoms with Crippen LogP contribution in [0.1, 0.15) is 62.2 Å². The zero-order chi connectivity index (χ0) is 19.0. The average molecular weight is 369 g/mol. The van der Waals surface area contributed by atoms with Crippen molar-refractivity contribution in [3.63, 3.8) is 0 Å². The van der Waals surface area contributed by atoms with Crippen LogP contribution < -0.4 is 5.32 Å². The molecule has 5 nitrogen and oxygen atoms in total. The van der Waals surface area contributed by atoms with E-state index >= 15 is 0 Å². The minimum Gasteiger partial charge on any atom is -0.456 e. The van der Waals surface area contributed by atoms with E-state index in [0.29, 0.717) is 17.7 Å². The molecule has 4 fully saturated rings. The van der Waals surface area contributed by atoms with Crippen molar-refractivity contribution in [3.8, 4) is 0 Å². The van der Waals surface area contributed by atoms with Crippen molar-refractivity contribution in [1.29, 1.82) is 0 Å². The number of amides is 1. The van der Waals surface area contributed by atoms with Gasteiger partial charge in [-0.3, -0.25) is 14.4 Å². The maximum absolute atomic E-state index is 12.4. The Bertz CT molecular complexity index is 734. The number of anilines is 1. The molecule has 1 amide bonds. The van der Waals surface area contributed by atoms with E-state index in [-0.39, 0.29) is 23.8 Å². The van der Waals surface area contributed by atoms with Gasteiger partial charge in [0.1, 0.15) is 0 Å². The van der Waals surface area contributed by atoms with Crippen molar-refractivity contribution >= 4 is 23.3 Å². The molecule has 144 valence electrons. The maximum Gasteiger partial charge on any atom is 0.306 e. The zero-order valence-electron chi connectivity index (χ0n) is 15.8. The summed E-state index contributed by atoms with van der Waals surface area (Å²) >= 11 is 0. The van der Waals surface area contributed by atoms with Crippen molar-refractivity contribution in [3.05, 3.63) is 29.8 Å². The van der Waals surface area contributed by atoms with Crippen LogP contribution in [0.2, 0.25) is 0 Å². The van der Waals surface area contributed by atoms with Gasteiger partial charge in [-0.25, -0.2) is 0 Å². The summed E-state index contributed by atoms with van der Waals surface area (Å²) in [6, 6.07) is 6.84. The molecule has 0 unspecified atom stereocenters. The van der Waals surface area contributed by atoms with Crippen molar-refractivity contribution in [2.24, 2.45) is 23.2 Å². The van der Waals surface area contributed by atoms with Crippen molar-refractivity contribution in [2.45, 2.75) is 51.9 Å². The summed E-state index contributed by atoms with van der Waals surface area (Å²) in [6.07, 6.45) is 7.89. The van der Waals surface area contributed by atoms with Crippen LogP contribution in [0.4, 0.5) is 5.69 Å². The normalized spacial score (nSPS) is 30.8. The molecule has 4 bridgehead atoms. The Balaban J connectivity index is 1.30. The van der Waals surface area contributed by atoms with E-state index in [1.165, 1.54) is 26.2 Å². The van der Waals surface area contributed by atoms with Gasteiger partial charge in [0.2, 0.25) is 0 Å². The van der Waals surface area contributed by atoms with Gasteiger partial charge >= 0.3 is 5.97 Å². The van der Waals surface area contributed by atoms with Gasteiger partial charge in [-0.2, -0.15) is 0 Å². The summed E-state index contributed by atoms with van der Waals surface area (Å²) in [5.74, 6) is 1.56. The number of ketones is 1. The Morgan fingerprint density at radius 1 is 1.04 bits per heavy atom. The van der Waals surface area contributed by atoms with Crippen molar-refractivity contribution in [2.75, 3.05) is 11.9 Å². The molecule has 0 spiro atoms. The van der Waals surface area contributed by atoms with Crippen LogP contribution in [0.3, 0.4) is 0 Å². The average Bonchev–Trinajstić information content (AvgIpc) is 2.58. The van der Waals surface area contributed by atoms with Crippen molar-refractivity contribution in [1.82, 2.24) is 0 Å². The van der Waals surface area contributed by atoms with E-state index in [4.69, 9.17) is 4.74 Å². The molecule has 1 aromatic rings. The van der Waals surface area contributed by atoms with E-state index in [0.717, 1.165) is 37.0 Å². The number of Topliss-reactive ketones (excluding diaryl/α,β-unsaturated/α-hetero) is 1. The molecule has 5 rings (SSSR count). The number of esters is 1. The number of nitrogens with one attached hydrogen (secondary N) is 1. The number of rotatable bonds is 6. The highest BCUT2D eigenvalue weighted by atomic mass is 16.5. The second-order valence-corrected chi connectivity index (χ2v) is 8.90. The first kappa shape index (κ1) is 18.2. The van der Waals surface area contributed by atoms with Gasteiger partial charge in [0.25, 0.3) is 5.91 Å². The number of carbonyl (C=O) groups is 3. The molecule has 1 N–H and O–H groups in total. The topological polar surface area (TPSA) is 72.5 Å². The first-order valence-corrected chi connectivity index (χ1v) is 9.98. The van der Waals surface area contributed by atoms with Crippen molar-refractivity contribution < 1.29 is 19.1 Å². The first-order valence-electron chi connectivity index (χ1n) is 9.98. The number of benzene rings is 1. The number of hydrogen-bond donors (Lipinski definition) is 1. The lowest BCUT2D eigenvalue weighted by Gasteiger charge is -2.56. The van der Waals surface area contributed by atoms with Gasteiger partial charge in [0.15, 0.2) is 12.4 Å². The van der Waals surface area contributed by atoms with Crippen LogP contribution in [0.15, 0.2) is 24.3 Å². The second kappa shape index (κ2) is 7.10. The Labute approximate surface area is 159 Å². The Kier molecular flexibility index (Phi) is 4.79. The van der Waals surface area contributed by atoms with E-state index in [1.807, 2.05) is 0 Å². The van der Waals surface area contributed by atoms with Gasteiger partial charge < -0.3 is 10.1 Å². The Hall–Kier alpha value is -2.17. The van der Waals surface area contributed by atoms with Crippen LogP contribution in [0.25, 0.3) is 0 Å². The highest BCUT2D eigenvalue weighted by Crippen LogP contribution is 2.61. The third-order valence-corrected chi connectivity index (χ3v) is 6.63. The first-order chi connectivity index (χ1) is 12.9. The highest BCUT2D eigenvalue weighted by Gasteiger charge is 2.51. The van der Waals surface area contributed by atoms with Crippen LogP contribution in [-0.4, -0.2) is 24.3 Å². The summed E-state index contributed by atoms with van der Waals surface area (Å²) in [5, 5.41) is 2.67. The number of para-hydroxylation sites is 1. The number of ether oxygens (including phenoxy) is 1. The Morgan fingerprint density at radius 2 is 1.63 bits per heavy atom. The van der Waals surface area contributed by atoms with Gasteiger partial charge in [-0.05, 0) is 80.8 Å². The molecular formula is C22H27NO4. The smallest absolute Gasteiger partial charge is 0.306 e. The van der Waals surface area contributed by atoms with Gasteiger partial charge in [-0.15, -0.1) is 0 Å². The number of carbonyl (C=O) groups excluding carboxylic acids is 3. The molecule has 0 aliphatic heterocycles. The van der Waals surface area contributed by atoms with E-state index in [1.54, 1.807) is 24.3 Å². The van der Waals surface area contributed by atoms with E-state index in [2.05, 4.69) is 5.32 Å². The maximum atomic E-state index is 12.4. The van der Waals surface area contributed by atoms with Gasteiger partial charge in [0, 0.05) is 5.56 Å². The van der Waals surface area contributed by atoms with Crippen LogP contribution in [0, 0.1) is 23.2 Å². The molecule has 5 heteroatoms. The summed E-state index contributed by atoms with van der Waals surface area (Å²) < 4.78 is 5.28. The summed E-state index contributed by atoms with van der Waals surface area (Å²) in [4.78, 5) is 36.2. The van der Waals surface area contributed by atoms with Crippen LogP contribution >= 0.6 is 0 Å². The molecule has 27 heavy (non-hydrogen) atoms. The minimum absolute atomic E-state index is 0.115. The summed E-state index contributed by atoms with van der Waals surface area (Å²) in [5.41, 5.74) is 1.02. The highest BCUT2D eigenvalue weighted by molar-refractivity contribution is 6.04. The standard InChI is InChI=1S/C22H27NO4/c1-14(24)18-4-2-3-5-19(18)23-20(25)13-27-21(26)12-22-9-15-6-16(10-22)8-17(7-15)11-22/h2-5,15-17H,6-13H2,1H3,(H,23,25). The lowest BCUT2D eigenvalue weighted by Crippen LogP contribution is -2.47. The van der Waals surface area contributed by atoms with Crippen LogP contribution in [-0.2, 0) is 14.3 Å².